The average Bonchev–Trinajstić information content (AvgIpc) is 2.72. The smallest absolute Gasteiger partial charge is 0.121 e. The molecular weight excluding hydrogens is 316 g/mol. The van der Waals surface area contributed by atoms with Crippen molar-refractivity contribution < 1.29 is 0 Å². The summed E-state index contributed by atoms with van der Waals surface area (Å²) in [6.45, 7) is 2.10. The molecule has 0 saturated carbocycles. The van der Waals surface area contributed by atoms with Crippen LogP contribution >= 0.6 is 0 Å². The molecule has 0 N–H and O–H groups in total. The summed E-state index contributed by atoms with van der Waals surface area (Å²) in [5.41, 5.74) is 3.17. The van der Waals surface area contributed by atoms with Crippen molar-refractivity contribution in [1.29, 1.82) is 0 Å². The van der Waals surface area contributed by atoms with E-state index in [1.54, 1.807) is 0 Å². The first-order chi connectivity index (χ1) is 12.8. The highest BCUT2D eigenvalue weighted by atomic mass is 15.2. The molecule has 1 atom stereocenters. The van der Waals surface area contributed by atoms with E-state index >= 15 is 0 Å². The second-order valence-electron chi connectivity index (χ2n) is 6.56. The lowest BCUT2D eigenvalue weighted by Crippen LogP contribution is -2.45. The van der Waals surface area contributed by atoms with Crippen LogP contribution in [-0.2, 0) is 5.54 Å². The maximum atomic E-state index is 4.67. The van der Waals surface area contributed by atoms with E-state index in [9.17, 15) is 0 Å². The van der Waals surface area contributed by atoms with Gasteiger partial charge in [0.2, 0.25) is 0 Å². The van der Waals surface area contributed by atoms with Crippen molar-refractivity contribution in [3.05, 3.63) is 120 Å². The lowest BCUT2D eigenvalue weighted by Gasteiger charge is -2.44. The number of aliphatic imine (C=N–C) groups is 1. The van der Waals surface area contributed by atoms with Crippen LogP contribution in [0.25, 0.3) is 0 Å². The zero-order valence-electron chi connectivity index (χ0n) is 14.9. The topological polar surface area (TPSA) is 15.6 Å². The molecule has 0 saturated heterocycles. The molecule has 0 aromatic heterocycles. The van der Waals surface area contributed by atoms with Crippen LogP contribution in [0.3, 0.4) is 0 Å². The van der Waals surface area contributed by atoms with E-state index < -0.39 is 5.54 Å². The van der Waals surface area contributed by atoms with Crippen molar-refractivity contribution in [3.63, 3.8) is 0 Å². The predicted molar refractivity (Wildman–Crippen MR) is 108 cm³/mol. The molecule has 0 spiro atoms. The number of rotatable bonds is 4. The van der Waals surface area contributed by atoms with Crippen LogP contribution in [0.5, 0.6) is 0 Å². The summed E-state index contributed by atoms with van der Waals surface area (Å²) in [5.74, 6) is 0. The molecule has 1 aliphatic heterocycles. The van der Waals surface area contributed by atoms with Crippen molar-refractivity contribution in [2.75, 3.05) is 0 Å². The molecule has 0 bridgehead atoms. The van der Waals surface area contributed by atoms with E-state index in [0.29, 0.717) is 0 Å². The van der Waals surface area contributed by atoms with Crippen LogP contribution in [0.1, 0.15) is 23.6 Å². The van der Waals surface area contributed by atoms with Gasteiger partial charge in [0, 0.05) is 6.20 Å². The molecule has 1 heterocycles. The Kier molecular flexibility index (Phi) is 4.40. The summed E-state index contributed by atoms with van der Waals surface area (Å²) in [5, 5.41) is 0. The van der Waals surface area contributed by atoms with Crippen LogP contribution < -0.4 is 0 Å². The van der Waals surface area contributed by atoms with E-state index in [2.05, 4.69) is 120 Å². The molecule has 128 valence electrons. The summed E-state index contributed by atoms with van der Waals surface area (Å²) < 4.78 is 0. The second kappa shape index (κ2) is 7.01. The normalized spacial score (nSPS) is 16.7. The Bertz CT molecular complexity index is 788. The van der Waals surface area contributed by atoms with Gasteiger partial charge in [0.05, 0.1) is 12.4 Å². The first-order valence-electron chi connectivity index (χ1n) is 8.98. The number of benzene rings is 3. The molecule has 3 aromatic rings. The Morgan fingerprint density at radius 2 is 1.12 bits per heavy atom. The van der Waals surface area contributed by atoms with Crippen molar-refractivity contribution in [3.8, 4) is 0 Å². The standard InChI is InChI=1S/C24H22N2/c1-20-17-18-26(19-25-20)24(21-11-5-2-6-12-21,22-13-7-3-8-14-22)23-15-9-4-10-16-23/h2-20H,1H3. The van der Waals surface area contributed by atoms with Gasteiger partial charge in [-0.25, -0.2) is 0 Å². The van der Waals surface area contributed by atoms with Gasteiger partial charge in [0.15, 0.2) is 0 Å². The Balaban J connectivity index is 2.04. The zero-order valence-corrected chi connectivity index (χ0v) is 14.9. The van der Waals surface area contributed by atoms with E-state index in [4.69, 9.17) is 0 Å². The van der Waals surface area contributed by atoms with Gasteiger partial charge in [-0.05, 0) is 29.7 Å². The SMILES string of the molecule is CC1C=CN(C(c2ccccc2)(c2ccccc2)c2ccccc2)C=N1. The summed E-state index contributed by atoms with van der Waals surface area (Å²) >= 11 is 0. The third-order valence-electron chi connectivity index (χ3n) is 4.91. The quantitative estimate of drug-likeness (QED) is 0.595. The number of nitrogens with zero attached hydrogens (tertiary/aromatic N) is 2. The van der Waals surface area contributed by atoms with Crippen LogP contribution in [-0.4, -0.2) is 17.3 Å². The van der Waals surface area contributed by atoms with Gasteiger partial charge in [-0.3, -0.25) is 4.99 Å². The largest absolute Gasteiger partial charge is 0.321 e. The van der Waals surface area contributed by atoms with Crippen molar-refractivity contribution >= 4 is 6.34 Å². The number of hydrogen-bond acceptors (Lipinski definition) is 2. The fourth-order valence-corrected chi connectivity index (χ4v) is 3.67. The fourth-order valence-electron chi connectivity index (χ4n) is 3.67. The first kappa shape index (κ1) is 16.3. The molecule has 4 rings (SSSR count). The highest BCUT2D eigenvalue weighted by Gasteiger charge is 2.40. The van der Waals surface area contributed by atoms with Crippen LogP contribution in [0.2, 0.25) is 0 Å². The zero-order chi connectivity index (χ0) is 17.8. The maximum absolute atomic E-state index is 4.67. The van der Waals surface area contributed by atoms with Crippen molar-refractivity contribution in [1.82, 2.24) is 4.90 Å². The van der Waals surface area contributed by atoms with Gasteiger partial charge in [0.25, 0.3) is 0 Å². The molecule has 0 fully saturated rings. The summed E-state index contributed by atoms with van der Waals surface area (Å²) in [7, 11) is 0. The molecular formula is C24H22N2. The second-order valence-corrected chi connectivity index (χ2v) is 6.56. The molecule has 26 heavy (non-hydrogen) atoms. The lowest BCUT2D eigenvalue weighted by molar-refractivity contribution is 0.352. The minimum atomic E-state index is -0.468. The van der Waals surface area contributed by atoms with E-state index in [1.165, 1.54) is 16.7 Å². The van der Waals surface area contributed by atoms with E-state index in [-0.39, 0.29) is 6.04 Å². The highest BCUT2D eigenvalue weighted by molar-refractivity contribution is 5.66. The Hall–Kier alpha value is -3.13. The average molecular weight is 338 g/mol. The fraction of sp³-hybridized carbons (Fsp3) is 0.125. The lowest BCUT2D eigenvalue weighted by atomic mass is 9.76. The molecule has 0 aliphatic carbocycles. The molecule has 2 heteroatoms. The first-order valence-corrected chi connectivity index (χ1v) is 8.98. The molecule has 1 aliphatic rings. The van der Waals surface area contributed by atoms with Gasteiger partial charge in [-0.1, -0.05) is 91.0 Å². The van der Waals surface area contributed by atoms with E-state index in [0.717, 1.165) is 0 Å². The van der Waals surface area contributed by atoms with Crippen LogP contribution in [0.15, 0.2) is 108 Å². The number of hydrogen-bond donors (Lipinski definition) is 0. The molecule has 3 aromatic carbocycles. The third kappa shape index (κ3) is 2.74. The Morgan fingerprint density at radius 1 is 0.692 bits per heavy atom. The van der Waals surface area contributed by atoms with Crippen molar-refractivity contribution in [2.45, 2.75) is 18.5 Å². The molecule has 2 nitrogen and oxygen atoms in total. The monoisotopic (exact) mass is 338 g/mol. The summed E-state index contributed by atoms with van der Waals surface area (Å²) in [6, 6.07) is 32.2. The van der Waals surface area contributed by atoms with Gasteiger partial charge >= 0.3 is 0 Å². The van der Waals surface area contributed by atoms with Crippen LogP contribution in [0.4, 0.5) is 0 Å². The predicted octanol–water partition coefficient (Wildman–Crippen LogP) is 5.22. The highest BCUT2D eigenvalue weighted by Crippen LogP contribution is 2.42. The molecule has 0 radical (unpaired) electrons. The van der Waals surface area contributed by atoms with Crippen molar-refractivity contribution in [2.24, 2.45) is 4.99 Å². The minimum absolute atomic E-state index is 0.200. The van der Waals surface area contributed by atoms with Gasteiger partial charge in [-0.15, -0.1) is 0 Å². The third-order valence-corrected chi connectivity index (χ3v) is 4.91. The Morgan fingerprint density at radius 3 is 1.46 bits per heavy atom. The van der Waals surface area contributed by atoms with Gasteiger partial charge < -0.3 is 4.90 Å². The summed E-state index contributed by atoms with van der Waals surface area (Å²) in [6.07, 6.45) is 6.27. The van der Waals surface area contributed by atoms with E-state index in [1.807, 2.05) is 6.34 Å². The summed E-state index contributed by atoms with van der Waals surface area (Å²) in [4.78, 5) is 6.90. The Labute approximate surface area is 155 Å². The van der Waals surface area contributed by atoms with Gasteiger partial charge in [0.1, 0.15) is 5.54 Å². The molecule has 1 unspecified atom stereocenters. The van der Waals surface area contributed by atoms with Crippen LogP contribution in [0, 0.1) is 0 Å². The van der Waals surface area contributed by atoms with Gasteiger partial charge in [-0.2, -0.15) is 0 Å². The maximum Gasteiger partial charge on any atom is 0.121 e. The molecule has 0 amide bonds. The minimum Gasteiger partial charge on any atom is -0.321 e.